The van der Waals surface area contributed by atoms with Gasteiger partial charge in [-0.05, 0) is 18.7 Å². The van der Waals surface area contributed by atoms with Crippen molar-refractivity contribution in [3.05, 3.63) is 0 Å². The molecular formula is C7H13ClN2OS. The van der Waals surface area contributed by atoms with Gasteiger partial charge in [0.1, 0.15) is 6.54 Å². The summed E-state index contributed by atoms with van der Waals surface area (Å²) in [4.78, 5) is 14.0. The first-order chi connectivity index (χ1) is 5.24. The van der Waals surface area contributed by atoms with Crippen LogP contribution in [0.4, 0.5) is 0 Å². The van der Waals surface area contributed by atoms with E-state index in [9.17, 15) is 4.79 Å². The van der Waals surface area contributed by atoms with Crippen LogP contribution in [0.3, 0.4) is 0 Å². The highest BCUT2D eigenvalue weighted by atomic mass is 35.5. The number of ketones is 1. The quantitative estimate of drug-likeness (QED) is 0.459. The molecule has 1 aliphatic rings. The molecule has 2 N–H and O–H groups in total. The van der Waals surface area contributed by atoms with Gasteiger partial charge in [0.05, 0.1) is 0 Å². The van der Waals surface area contributed by atoms with Gasteiger partial charge in [0.25, 0.3) is 0 Å². The summed E-state index contributed by atoms with van der Waals surface area (Å²) >= 11 is 1.70. The molecule has 0 aromatic carbocycles. The van der Waals surface area contributed by atoms with Crippen molar-refractivity contribution < 1.29 is 22.2 Å². The topological polar surface area (TPSA) is 43.1 Å². The van der Waals surface area contributed by atoms with Crippen molar-refractivity contribution in [3.8, 4) is 0 Å². The summed E-state index contributed by atoms with van der Waals surface area (Å²) in [7, 11) is 0. The van der Waals surface area contributed by atoms with Crippen LogP contribution >= 0.6 is 11.8 Å². The van der Waals surface area contributed by atoms with Crippen molar-refractivity contribution in [2.75, 3.05) is 12.3 Å². The van der Waals surface area contributed by atoms with Crippen LogP contribution in [0.15, 0.2) is 0 Å². The lowest BCUT2D eigenvalue weighted by molar-refractivity contribution is -0.446. The molecule has 70 valence electrons. The third-order valence-corrected chi connectivity index (χ3v) is 2.38. The maximum absolute atomic E-state index is 11.0. The average Bonchev–Trinajstić information content (AvgIpc) is 1.98. The molecule has 0 amide bonds. The van der Waals surface area contributed by atoms with Crippen molar-refractivity contribution in [1.82, 2.24) is 5.32 Å². The zero-order valence-corrected chi connectivity index (χ0v) is 8.76. The molecule has 5 heteroatoms. The van der Waals surface area contributed by atoms with E-state index >= 15 is 0 Å². The Hall–Kier alpha value is -0.220. The predicted octanol–water partition coefficient (Wildman–Crippen LogP) is -4.26. The minimum Gasteiger partial charge on any atom is -1.00 e. The van der Waals surface area contributed by atoms with Crippen molar-refractivity contribution in [1.29, 1.82) is 0 Å². The first-order valence-electron chi connectivity index (χ1n) is 3.77. The molecule has 1 rings (SSSR count). The van der Waals surface area contributed by atoms with Gasteiger partial charge in [0.15, 0.2) is 6.04 Å². The fourth-order valence-electron chi connectivity index (χ4n) is 0.886. The Morgan fingerprint density at radius 3 is 2.92 bits per heavy atom. The monoisotopic (exact) mass is 208 g/mol. The van der Waals surface area contributed by atoms with E-state index in [1.807, 2.05) is 6.92 Å². The highest BCUT2D eigenvalue weighted by Gasteiger charge is 2.24. The van der Waals surface area contributed by atoms with Crippen molar-refractivity contribution >= 4 is 22.7 Å². The fraction of sp³-hybridized carbons (Fsp3) is 0.714. The summed E-state index contributed by atoms with van der Waals surface area (Å²) < 4.78 is 0. The molecule has 0 aromatic rings. The van der Waals surface area contributed by atoms with Gasteiger partial charge in [-0.15, -0.1) is 0 Å². The summed E-state index contributed by atoms with van der Waals surface area (Å²) in [6.45, 7) is 4.44. The van der Waals surface area contributed by atoms with Crippen LogP contribution in [-0.2, 0) is 4.79 Å². The van der Waals surface area contributed by atoms with Gasteiger partial charge in [-0.2, -0.15) is 0 Å². The number of halogens is 1. The number of Topliss-reactive ketones (excluding diaryl/α,β-unsaturated/α-hetero) is 1. The Morgan fingerprint density at radius 2 is 2.42 bits per heavy atom. The molecule has 0 saturated heterocycles. The molecule has 0 aliphatic carbocycles. The number of rotatable bonds is 1. The Kier molecular flexibility index (Phi) is 5.33. The maximum Gasteiger partial charge on any atom is 0.305 e. The molecule has 1 atom stereocenters. The van der Waals surface area contributed by atoms with Crippen LogP contribution in [0.2, 0.25) is 0 Å². The molecule has 0 saturated carbocycles. The second-order valence-corrected chi connectivity index (χ2v) is 3.72. The average molecular weight is 209 g/mol. The lowest BCUT2D eigenvalue weighted by Gasteiger charge is -2.12. The largest absolute Gasteiger partial charge is 1.00 e. The number of hydrogen-bond acceptors (Lipinski definition) is 3. The second kappa shape index (κ2) is 5.43. The predicted molar refractivity (Wildman–Crippen MR) is 46.6 cm³/mol. The number of nitrogens with one attached hydrogen (secondary N) is 2. The van der Waals surface area contributed by atoms with E-state index < -0.39 is 0 Å². The normalized spacial score (nSPS) is 22.3. The Morgan fingerprint density at radius 1 is 1.75 bits per heavy atom. The van der Waals surface area contributed by atoms with Crippen LogP contribution in [0.1, 0.15) is 13.8 Å². The third kappa shape index (κ3) is 3.03. The minimum absolute atomic E-state index is 0. The molecule has 0 fully saturated rings. The molecule has 12 heavy (non-hydrogen) atoms. The van der Waals surface area contributed by atoms with Crippen LogP contribution < -0.4 is 22.7 Å². The number of thioether (sulfide) groups is 1. The van der Waals surface area contributed by atoms with Crippen LogP contribution in [-0.4, -0.2) is 29.3 Å². The van der Waals surface area contributed by atoms with Crippen molar-refractivity contribution in [2.45, 2.75) is 19.9 Å². The fourth-order valence-corrected chi connectivity index (χ4v) is 1.61. The van der Waals surface area contributed by atoms with E-state index in [0.29, 0.717) is 6.54 Å². The Labute approximate surface area is 82.8 Å². The van der Waals surface area contributed by atoms with Crippen LogP contribution in [0.25, 0.3) is 0 Å². The minimum atomic E-state index is -0.0229. The van der Waals surface area contributed by atoms with E-state index in [1.54, 1.807) is 11.8 Å². The molecule has 0 spiro atoms. The lowest BCUT2D eigenvalue weighted by atomic mass is 10.2. The first-order valence-corrected chi connectivity index (χ1v) is 4.75. The molecule has 1 aliphatic heterocycles. The lowest BCUT2D eigenvalue weighted by Crippen LogP contribution is -3.00. The summed E-state index contributed by atoms with van der Waals surface area (Å²) in [5, 5.41) is 4.11. The number of carbonyl (C=O) groups excluding carboxylic acids is 1. The van der Waals surface area contributed by atoms with Gasteiger partial charge < -0.3 is 12.4 Å². The van der Waals surface area contributed by atoms with E-state index in [0.717, 1.165) is 10.9 Å². The van der Waals surface area contributed by atoms with Crippen LogP contribution in [0, 0.1) is 0 Å². The zero-order chi connectivity index (χ0) is 8.27. The van der Waals surface area contributed by atoms with Gasteiger partial charge in [0.2, 0.25) is 5.78 Å². The molecule has 0 aromatic heterocycles. The smallest absolute Gasteiger partial charge is 0.305 e. The van der Waals surface area contributed by atoms with Crippen LogP contribution in [0.5, 0.6) is 0 Å². The number of hydrogen-bond donors (Lipinski definition) is 2. The first kappa shape index (κ1) is 11.8. The molecule has 0 radical (unpaired) electrons. The zero-order valence-electron chi connectivity index (χ0n) is 7.19. The SMILES string of the molecule is CCSC1=[NH+]CC(=O)C(C)N1.[Cl-]. The van der Waals surface area contributed by atoms with E-state index in [1.165, 1.54) is 0 Å². The summed E-state index contributed by atoms with van der Waals surface area (Å²) in [6.07, 6.45) is 0. The van der Waals surface area contributed by atoms with E-state index in [-0.39, 0.29) is 24.2 Å². The molecular weight excluding hydrogens is 196 g/mol. The second-order valence-electron chi connectivity index (χ2n) is 2.45. The number of carbonyl (C=O) groups is 1. The third-order valence-electron chi connectivity index (χ3n) is 1.54. The van der Waals surface area contributed by atoms with Crippen molar-refractivity contribution in [3.63, 3.8) is 0 Å². The highest BCUT2D eigenvalue weighted by Crippen LogP contribution is 1.98. The Bertz CT molecular complexity index is 196. The Balaban J connectivity index is 0.00000121. The number of amidine groups is 1. The molecule has 1 unspecified atom stereocenters. The van der Waals surface area contributed by atoms with Gasteiger partial charge in [-0.1, -0.05) is 6.92 Å². The van der Waals surface area contributed by atoms with E-state index in [4.69, 9.17) is 0 Å². The maximum atomic E-state index is 11.0. The summed E-state index contributed by atoms with van der Waals surface area (Å²) in [5.74, 6) is 1.25. The standard InChI is InChI=1S/C7H12N2OS.ClH/c1-3-11-7-8-4-6(10)5(2)9-7;/h5H,3-4H2,1-2H3,(H,8,9);1H. The summed E-state index contributed by atoms with van der Waals surface area (Å²) in [6, 6.07) is -0.0229. The van der Waals surface area contributed by atoms with Gasteiger partial charge >= 0.3 is 5.17 Å². The summed E-state index contributed by atoms with van der Waals surface area (Å²) in [5.41, 5.74) is 0. The molecule has 3 nitrogen and oxygen atoms in total. The highest BCUT2D eigenvalue weighted by molar-refractivity contribution is 8.13. The molecule has 0 bridgehead atoms. The molecule has 1 heterocycles. The van der Waals surface area contributed by atoms with E-state index in [2.05, 4.69) is 17.2 Å². The van der Waals surface area contributed by atoms with Gasteiger partial charge in [0, 0.05) is 5.75 Å². The van der Waals surface area contributed by atoms with Gasteiger partial charge in [-0.3, -0.25) is 15.1 Å². The van der Waals surface area contributed by atoms with Gasteiger partial charge in [-0.25, -0.2) is 0 Å². The van der Waals surface area contributed by atoms with Crippen molar-refractivity contribution in [2.24, 2.45) is 0 Å².